The molecule has 1 amide bonds. The van der Waals surface area contributed by atoms with Crippen LogP contribution in [0, 0.1) is 0 Å². The topological polar surface area (TPSA) is 32.8 Å². The van der Waals surface area contributed by atoms with Gasteiger partial charge in [-0.1, -0.05) is 12.1 Å². The van der Waals surface area contributed by atoms with Gasteiger partial charge in [0, 0.05) is 37.9 Å². The Morgan fingerprint density at radius 1 is 1.04 bits per heavy atom. The molecule has 0 saturated carbocycles. The highest BCUT2D eigenvalue weighted by molar-refractivity contribution is 5.94. The number of nitrogens with zero attached hydrogens (tertiary/aromatic N) is 2. The van der Waals surface area contributed by atoms with E-state index in [0.717, 1.165) is 36.5 Å². The number of halogens is 3. The lowest BCUT2D eigenvalue weighted by atomic mass is 10.1. The first-order valence-electron chi connectivity index (χ1n) is 8.69. The number of anilines is 1. The van der Waals surface area contributed by atoms with Gasteiger partial charge in [0.25, 0.3) is 5.91 Å². The summed E-state index contributed by atoms with van der Waals surface area (Å²) in [6, 6.07) is 12.2. The van der Waals surface area contributed by atoms with E-state index in [0.29, 0.717) is 19.8 Å². The second-order valence-electron chi connectivity index (χ2n) is 6.50. The first-order valence-corrected chi connectivity index (χ1v) is 8.69. The number of carbonyl (C=O) groups excluding carboxylic acids is 1. The van der Waals surface area contributed by atoms with Crippen LogP contribution in [0.25, 0.3) is 0 Å². The van der Waals surface area contributed by atoms with Crippen molar-refractivity contribution < 1.29 is 22.7 Å². The summed E-state index contributed by atoms with van der Waals surface area (Å²) in [6.07, 6.45) is -4.41. The van der Waals surface area contributed by atoms with Crippen LogP contribution in [0.15, 0.2) is 48.5 Å². The van der Waals surface area contributed by atoms with Crippen molar-refractivity contribution in [2.24, 2.45) is 0 Å². The summed E-state index contributed by atoms with van der Waals surface area (Å²) in [5, 5.41) is 0. The van der Waals surface area contributed by atoms with Crippen molar-refractivity contribution in [1.82, 2.24) is 4.90 Å². The number of benzene rings is 2. The van der Waals surface area contributed by atoms with E-state index >= 15 is 0 Å². The van der Waals surface area contributed by atoms with Crippen LogP contribution < -0.4 is 4.90 Å². The smallest absolute Gasteiger partial charge is 0.378 e. The average Bonchev–Trinajstić information content (AvgIpc) is 2.68. The van der Waals surface area contributed by atoms with Crippen LogP contribution in [0.2, 0.25) is 0 Å². The number of alkyl halides is 3. The fourth-order valence-electron chi connectivity index (χ4n) is 3.00. The lowest BCUT2D eigenvalue weighted by Gasteiger charge is -2.29. The molecule has 0 unspecified atom stereocenters. The van der Waals surface area contributed by atoms with Crippen LogP contribution in [0.1, 0.15) is 21.5 Å². The molecule has 3 rings (SSSR count). The van der Waals surface area contributed by atoms with Gasteiger partial charge in [-0.25, -0.2) is 0 Å². The number of hydrogen-bond acceptors (Lipinski definition) is 3. The molecular weight excluding hydrogens is 357 g/mol. The van der Waals surface area contributed by atoms with Crippen LogP contribution in [-0.2, 0) is 17.5 Å². The van der Waals surface area contributed by atoms with E-state index in [9.17, 15) is 18.0 Å². The zero-order valence-electron chi connectivity index (χ0n) is 15.0. The highest BCUT2D eigenvalue weighted by Crippen LogP contribution is 2.29. The summed E-state index contributed by atoms with van der Waals surface area (Å²) >= 11 is 0. The molecule has 2 aromatic carbocycles. The molecular formula is C20H21F3N2O2. The minimum absolute atomic E-state index is 0.232. The summed E-state index contributed by atoms with van der Waals surface area (Å²) < 4.78 is 43.2. The van der Waals surface area contributed by atoms with E-state index in [-0.39, 0.29) is 11.5 Å². The Labute approximate surface area is 156 Å². The van der Waals surface area contributed by atoms with Crippen LogP contribution in [-0.4, -0.2) is 44.2 Å². The fourth-order valence-corrected chi connectivity index (χ4v) is 3.00. The van der Waals surface area contributed by atoms with Crippen LogP contribution in [0.3, 0.4) is 0 Å². The number of rotatable bonds is 4. The molecule has 0 atom stereocenters. The second kappa shape index (κ2) is 8.00. The van der Waals surface area contributed by atoms with Gasteiger partial charge in [0.05, 0.1) is 18.8 Å². The monoisotopic (exact) mass is 378 g/mol. The molecule has 0 bridgehead atoms. The maximum atomic E-state index is 12.6. The van der Waals surface area contributed by atoms with Crippen molar-refractivity contribution in [1.29, 1.82) is 0 Å². The fraction of sp³-hybridized carbons (Fsp3) is 0.350. The Kier molecular flexibility index (Phi) is 5.70. The lowest BCUT2D eigenvalue weighted by molar-refractivity contribution is -0.137. The van der Waals surface area contributed by atoms with Gasteiger partial charge < -0.3 is 14.5 Å². The quantitative estimate of drug-likeness (QED) is 0.811. The molecule has 1 saturated heterocycles. The Bertz CT molecular complexity index is 767. The van der Waals surface area contributed by atoms with Crippen molar-refractivity contribution in [3.8, 4) is 0 Å². The molecule has 0 aromatic heterocycles. The Hall–Kier alpha value is -2.54. The van der Waals surface area contributed by atoms with Gasteiger partial charge in [-0.3, -0.25) is 4.79 Å². The molecule has 1 aliphatic rings. The predicted octanol–water partition coefficient (Wildman–Crippen LogP) is 3.81. The molecule has 1 fully saturated rings. The predicted molar refractivity (Wildman–Crippen MR) is 96.7 cm³/mol. The molecule has 1 heterocycles. The SMILES string of the molecule is CN(Cc1ccc(N2CCOCC2)cc1)C(=O)c1ccc(C(F)(F)F)cc1. The minimum atomic E-state index is -4.41. The van der Waals surface area contributed by atoms with Crippen molar-refractivity contribution in [2.45, 2.75) is 12.7 Å². The van der Waals surface area contributed by atoms with Crippen LogP contribution in [0.5, 0.6) is 0 Å². The van der Waals surface area contributed by atoms with Gasteiger partial charge in [0.1, 0.15) is 0 Å². The van der Waals surface area contributed by atoms with E-state index in [2.05, 4.69) is 4.90 Å². The molecule has 0 radical (unpaired) electrons. The highest BCUT2D eigenvalue weighted by atomic mass is 19.4. The summed E-state index contributed by atoms with van der Waals surface area (Å²) in [5.74, 6) is -0.319. The van der Waals surface area contributed by atoms with Crippen molar-refractivity contribution in [2.75, 3.05) is 38.3 Å². The van der Waals surface area contributed by atoms with Gasteiger partial charge in [0.2, 0.25) is 0 Å². The standard InChI is InChI=1S/C20H21F3N2O2/c1-24(19(26)16-4-6-17(7-5-16)20(21,22)23)14-15-2-8-18(9-3-15)25-10-12-27-13-11-25/h2-9H,10-14H2,1H3. The van der Waals surface area contributed by atoms with E-state index in [4.69, 9.17) is 4.74 Å². The first kappa shape index (κ1) is 19.2. The molecule has 0 N–H and O–H groups in total. The summed E-state index contributed by atoms with van der Waals surface area (Å²) in [5.41, 5.74) is 1.53. The number of carbonyl (C=O) groups is 1. The number of morpholine rings is 1. The van der Waals surface area contributed by atoms with Gasteiger partial charge in [-0.15, -0.1) is 0 Å². The third kappa shape index (κ3) is 4.80. The molecule has 144 valence electrons. The van der Waals surface area contributed by atoms with Crippen molar-refractivity contribution >= 4 is 11.6 Å². The summed E-state index contributed by atoms with van der Waals surface area (Å²) in [6.45, 7) is 3.51. The molecule has 0 spiro atoms. The van der Waals surface area contributed by atoms with Gasteiger partial charge >= 0.3 is 6.18 Å². The maximum Gasteiger partial charge on any atom is 0.416 e. The molecule has 1 aliphatic heterocycles. The highest BCUT2D eigenvalue weighted by Gasteiger charge is 2.30. The largest absolute Gasteiger partial charge is 0.416 e. The van der Waals surface area contributed by atoms with Crippen LogP contribution in [0.4, 0.5) is 18.9 Å². The van der Waals surface area contributed by atoms with E-state index in [1.165, 1.54) is 17.0 Å². The normalized spacial score (nSPS) is 14.9. The van der Waals surface area contributed by atoms with Crippen LogP contribution >= 0.6 is 0 Å². The average molecular weight is 378 g/mol. The minimum Gasteiger partial charge on any atom is -0.378 e. The van der Waals surface area contributed by atoms with Gasteiger partial charge in [-0.2, -0.15) is 13.2 Å². The van der Waals surface area contributed by atoms with Crippen molar-refractivity contribution in [3.63, 3.8) is 0 Å². The Morgan fingerprint density at radius 2 is 1.63 bits per heavy atom. The molecule has 27 heavy (non-hydrogen) atoms. The molecule has 0 aliphatic carbocycles. The number of ether oxygens (including phenoxy) is 1. The first-order chi connectivity index (χ1) is 12.8. The van der Waals surface area contributed by atoms with E-state index in [1.54, 1.807) is 7.05 Å². The third-order valence-corrected chi connectivity index (χ3v) is 4.54. The molecule has 7 heteroatoms. The van der Waals surface area contributed by atoms with Gasteiger partial charge in [0.15, 0.2) is 0 Å². The Morgan fingerprint density at radius 3 is 2.19 bits per heavy atom. The zero-order chi connectivity index (χ0) is 19.4. The molecule has 4 nitrogen and oxygen atoms in total. The number of hydrogen-bond donors (Lipinski definition) is 0. The third-order valence-electron chi connectivity index (χ3n) is 4.54. The summed E-state index contributed by atoms with van der Waals surface area (Å²) in [4.78, 5) is 16.2. The lowest BCUT2D eigenvalue weighted by Crippen LogP contribution is -2.36. The van der Waals surface area contributed by atoms with E-state index in [1.807, 2.05) is 24.3 Å². The maximum absolute atomic E-state index is 12.6. The zero-order valence-corrected chi connectivity index (χ0v) is 15.0. The van der Waals surface area contributed by atoms with E-state index < -0.39 is 11.7 Å². The van der Waals surface area contributed by atoms with Crippen molar-refractivity contribution in [3.05, 3.63) is 65.2 Å². The Balaban J connectivity index is 1.62. The molecule has 2 aromatic rings. The van der Waals surface area contributed by atoms with Gasteiger partial charge in [-0.05, 0) is 42.0 Å². The number of amides is 1. The second-order valence-corrected chi connectivity index (χ2v) is 6.50. The summed E-state index contributed by atoms with van der Waals surface area (Å²) in [7, 11) is 1.63.